The van der Waals surface area contributed by atoms with Crippen molar-refractivity contribution >= 4 is 42.1 Å². The summed E-state index contributed by atoms with van der Waals surface area (Å²) in [5.41, 5.74) is 7.37. The van der Waals surface area contributed by atoms with Crippen molar-refractivity contribution in [2.45, 2.75) is 19.9 Å². The molecule has 2 N–H and O–H groups in total. The maximum absolute atomic E-state index is 12.6. The van der Waals surface area contributed by atoms with E-state index in [-0.39, 0.29) is 30.7 Å². The number of nitrogens with two attached hydrogens (primary N) is 1. The first kappa shape index (κ1) is 24.7. The first-order chi connectivity index (χ1) is 12.7. The molecule has 2 aromatic rings. The second kappa shape index (κ2) is 12.2. The number of benzene rings is 1. The van der Waals surface area contributed by atoms with Crippen LogP contribution in [0.4, 0.5) is 0 Å². The van der Waals surface area contributed by atoms with Gasteiger partial charge in [0.15, 0.2) is 0 Å². The highest BCUT2D eigenvalue weighted by Gasteiger charge is 2.23. The second-order valence-electron chi connectivity index (χ2n) is 6.31. The van der Waals surface area contributed by atoms with Crippen molar-refractivity contribution in [2.24, 2.45) is 5.73 Å². The number of hydrogen-bond donors (Lipinski definition) is 1. The summed E-state index contributed by atoms with van der Waals surface area (Å²) in [6, 6.07) is 8.24. The van der Waals surface area contributed by atoms with Gasteiger partial charge in [-0.1, -0.05) is 12.1 Å². The van der Waals surface area contributed by atoms with E-state index in [1.807, 2.05) is 29.3 Å². The molecule has 2 heterocycles. The maximum Gasteiger partial charge on any atom is 0.273 e. The zero-order chi connectivity index (χ0) is 18.4. The van der Waals surface area contributed by atoms with E-state index in [1.54, 1.807) is 0 Å². The molecule has 9 heteroatoms. The monoisotopic (exact) mass is 446 g/mol. The summed E-state index contributed by atoms with van der Waals surface area (Å²) >= 11 is 1.51. The molecule has 0 atom stereocenters. The van der Waals surface area contributed by atoms with Crippen LogP contribution in [0.25, 0.3) is 0 Å². The van der Waals surface area contributed by atoms with E-state index in [2.05, 4.69) is 22.0 Å². The van der Waals surface area contributed by atoms with Crippen molar-refractivity contribution in [2.75, 3.05) is 39.3 Å². The first-order valence-electron chi connectivity index (χ1n) is 9.07. The summed E-state index contributed by atoms with van der Waals surface area (Å²) in [4.78, 5) is 21.3. The van der Waals surface area contributed by atoms with Crippen LogP contribution in [0.2, 0.25) is 0 Å². The summed E-state index contributed by atoms with van der Waals surface area (Å²) in [6.07, 6.45) is 0.730. The van der Waals surface area contributed by atoms with Crippen molar-refractivity contribution in [1.82, 2.24) is 14.8 Å². The fraction of sp³-hybridized carbons (Fsp3) is 0.474. The molecule has 156 valence electrons. The second-order valence-corrected chi connectivity index (χ2v) is 7.25. The van der Waals surface area contributed by atoms with Crippen LogP contribution >= 0.6 is 36.2 Å². The van der Waals surface area contributed by atoms with Crippen LogP contribution in [0.5, 0.6) is 5.75 Å². The molecular weight excluding hydrogens is 419 g/mol. The van der Waals surface area contributed by atoms with E-state index in [1.165, 1.54) is 16.9 Å². The van der Waals surface area contributed by atoms with Crippen molar-refractivity contribution in [3.8, 4) is 5.75 Å². The van der Waals surface area contributed by atoms with Gasteiger partial charge >= 0.3 is 0 Å². The summed E-state index contributed by atoms with van der Waals surface area (Å²) in [7, 11) is 0. The minimum atomic E-state index is 0. The van der Waals surface area contributed by atoms with Gasteiger partial charge in [0.05, 0.1) is 11.6 Å². The Bertz CT molecular complexity index is 719. The van der Waals surface area contributed by atoms with Crippen molar-refractivity contribution in [1.29, 1.82) is 0 Å². The van der Waals surface area contributed by atoms with E-state index < -0.39 is 0 Å². The largest absolute Gasteiger partial charge is 0.494 e. The third-order valence-electron chi connectivity index (χ3n) is 4.43. The van der Waals surface area contributed by atoms with Gasteiger partial charge in [0.2, 0.25) is 0 Å². The normalized spacial score (nSPS) is 14.1. The average Bonchev–Trinajstić information content (AvgIpc) is 3.13. The topological polar surface area (TPSA) is 71.7 Å². The molecule has 1 aliphatic heterocycles. The minimum absolute atomic E-state index is 0. The van der Waals surface area contributed by atoms with Gasteiger partial charge in [-0.3, -0.25) is 9.69 Å². The van der Waals surface area contributed by atoms with Crippen molar-refractivity contribution < 1.29 is 9.53 Å². The molecule has 1 saturated heterocycles. The van der Waals surface area contributed by atoms with Gasteiger partial charge in [-0.15, -0.1) is 36.2 Å². The zero-order valence-corrected chi connectivity index (χ0v) is 18.5. The highest BCUT2D eigenvalue weighted by Crippen LogP contribution is 2.16. The summed E-state index contributed by atoms with van der Waals surface area (Å²) in [6.45, 7) is 7.34. The lowest BCUT2D eigenvalue weighted by atomic mass is 10.2. The molecule has 1 aromatic heterocycles. The summed E-state index contributed by atoms with van der Waals surface area (Å²) < 4.78 is 5.48. The van der Waals surface area contributed by atoms with Gasteiger partial charge in [-0.25, -0.2) is 4.98 Å². The molecule has 0 aliphatic carbocycles. The standard InChI is InChI=1S/C19H26N4O2S.2ClH/c1-2-25-16-5-3-15(4-6-16)13-22-9-11-23(12-10-22)19(24)17-14-26-18(21-17)7-8-20;;/h3-6,14H,2,7-13,20H2,1H3;2*1H. The molecule has 1 amide bonds. The van der Waals surface area contributed by atoms with Crippen molar-refractivity contribution in [3.05, 3.63) is 45.9 Å². The number of nitrogens with zero attached hydrogens (tertiary/aromatic N) is 3. The van der Waals surface area contributed by atoms with Crippen molar-refractivity contribution in [3.63, 3.8) is 0 Å². The lowest BCUT2D eigenvalue weighted by Gasteiger charge is -2.34. The highest BCUT2D eigenvalue weighted by molar-refractivity contribution is 7.09. The number of amides is 1. The van der Waals surface area contributed by atoms with E-state index in [0.29, 0.717) is 18.8 Å². The van der Waals surface area contributed by atoms with E-state index in [9.17, 15) is 4.79 Å². The Morgan fingerprint density at radius 1 is 1.18 bits per heavy atom. The van der Waals surface area contributed by atoms with Gasteiger partial charge in [-0.05, 0) is 31.2 Å². The third kappa shape index (κ3) is 6.60. The highest BCUT2D eigenvalue weighted by atomic mass is 35.5. The Balaban J connectivity index is 0.00000196. The number of hydrogen-bond acceptors (Lipinski definition) is 6. The molecule has 0 radical (unpaired) electrons. The quantitative estimate of drug-likeness (QED) is 0.707. The molecular formula is C19H28Cl2N4O2S. The summed E-state index contributed by atoms with van der Waals surface area (Å²) in [5.74, 6) is 0.939. The van der Waals surface area contributed by atoms with Crippen LogP contribution in [-0.2, 0) is 13.0 Å². The number of carbonyl (C=O) groups is 1. The Hall–Kier alpha value is -1.38. The van der Waals surface area contributed by atoms with Crippen LogP contribution in [-0.4, -0.2) is 60.0 Å². The van der Waals surface area contributed by atoms with Crippen LogP contribution in [0.15, 0.2) is 29.6 Å². The maximum atomic E-state index is 12.6. The SMILES string of the molecule is CCOc1ccc(CN2CCN(C(=O)c3csc(CCN)n3)CC2)cc1.Cl.Cl. The van der Waals surface area contributed by atoms with Crippen LogP contribution in [0, 0.1) is 0 Å². The smallest absolute Gasteiger partial charge is 0.273 e. The fourth-order valence-corrected chi connectivity index (χ4v) is 3.82. The summed E-state index contributed by atoms with van der Waals surface area (Å²) in [5, 5.41) is 2.78. The molecule has 3 rings (SSSR count). The number of rotatable bonds is 7. The number of thiazole rings is 1. The molecule has 1 aromatic carbocycles. The van der Waals surface area contributed by atoms with E-state index in [4.69, 9.17) is 10.5 Å². The minimum Gasteiger partial charge on any atom is -0.494 e. The third-order valence-corrected chi connectivity index (χ3v) is 5.34. The van der Waals surface area contributed by atoms with Crippen LogP contribution in [0.1, 0.15) is 28.0 Å². The van der Waals surface area contributed by atoms with Gasteiger partial charge in [0.25, 0.3) is 5.91 Å². The predicted octanol–water partition coefficient (Wildman–Crippen LogP) is 2.84. The lowest BCUT2D eigenvalue weighted by Crippen LogP contribution is -2.48. The fourth-order valence-electron chi connectivity index (χ4n) is 3.03. The number of aromatic nitrogens is 1. The molecule has 28 heavy (non-hydrogen) atoms. The molecule has 0 bridgehead atoms. The Morgan fingerprint density at radius 2 is 1.86 bits per heavy atom. The molecule has 6 nitrogen and oxygen atoms in total. The number of ether oxygens (including phenoxy) is 1. The Kier molecular flexibility index (Phi) is 10.8. The zero-order valence-electron chi connectivity index (χ0n) is 16.0. The van der Waals surface area contributed by atoms with Gasteiger partial charge in [0.1, 0.15) is 11.4 Å². The molecule has 0 saturated carbocycles. The van der Waals surface area contributed by atoms with Gasteiger partial charge in [0, 0.05) is 44.5 Å². The van der Waals surface area contributed by atoms with Crippen LogP contribution in [0.3, 0.4) is 0 Å². The van der Waals surface area contributed by atoms with Gasteiger partial charge in [-0.2, -0.15) is 0 Å². The molecule has 1 aliphatic rings. The van der Waals surface area contributed by atoms with Gasteiger partial charge < -0.3 is 15.4 Å². The lowest BCUT2D eigenvalue weighted by molar-refractivity contribution is 0.0623. The number of carbonyl (C=O) groups excluding carboxylic acids is 1. The van der Waals surface area contributed by atoms with Crippen LogP contribution < -0.4 is 10.5 Å². The molecule has 0 unspecified atom stereocenters. The van der Waals surface area contributed by atoms with E-state index >= 15 is 0 Å². The Labute approximate surface area is 182 Å². The predicted molar refractivity (Wildman–Crippen MR) is 118 cm³/mol. The Morgan fingerprint density at radius 3 is 2.46 bits per heavy atom. The average molecular weight is 447 g/mol. The number of halogens is 2. The molecule has 1 fully saturated rings. The molecule has 0 spiro atoms. The first-order valence-corrected chi connectivity index (χ1v) is 9.95. The van der Waals surface area contributed by atoms with E-state index in [0.717, 1.165) is 49.9 Å². The number of piperazine rings is 1.